The topological polar surface area (TPSA) is 183 Å². The highest BCUT2D eigenvalue weighted by Gasteiger charge is 2.09. The second-order valence-corrected chi connectivity index (χ2v) is 5.20. The molecule has 1 aromatic carbocycles. The third-order valence-corrected chi connectivity index (χ3v) is 2.83. The average Bonchev–Trinajstić information content (AvgIpc) is 2.64. The molecule has 0 spiro atoms. The minimum atomic E-state index is -1.30. The van der Waals surface area contributed by atoms with Crippen molar-refractivity contribution in [2.75, 3.05) is 31.7 Å². The largest absolute Gasteiger partial charge is 0.509 e. The first-order chi connectivity index (χ1) is 13.3. The number of nitrogens with one attached hydrogen (secondary N) is 2. The number of hydrogen-bond acceptors (Lipinski definition) is 8. The molecule has 0 bridgehead atoms. The number of nitrogens with two attached hydrogens (primary N) is 1. The molecule has 0 aliphatic heterocycles. The molecule has 12 heteroatoms. The summed E-state index contributed by atoms with van der Waals surface area (Å²) in [6, 6.07) is 6.21. The predicted molar refractivity (Wildman–Crippen MR) is 91.9 cm³/mol. The minimum Gasteiger partial charge on any atom is -0.479 e. The summed E-state index contributed by atoms with van der Waals surface area (Å²) in [6.45, 7) is -2.04. The third-order valence-electron chi connectivity index (χ3n) is 2.83. The molecule has 0 aromatic heterocycles. The fraction of sp³-hybridized carbons (Fsp3) is 0.312. The van der Waals surface area contributed by atoms with Crippen LogP contribution in [0.4, 0.5) is 10.5 Å². The Morgan fingerprint density at radius 2 is 1.61 bits per heavy atom. The van der Waals surface area contributed by atoms with Gasteiger partial charge in [-0.1, -0.05) is 12.1 Å². The number of carbonyl (C=O) groups excluding carboxylic acids is 4. The van der Waals surface area contributed by atoms with Gasteiger partial charge in [0.25, 0.3) is 0 Å². The fourth-order valence-corrected chi connectivity index (χ4v) is 1.67. The zero-order valence-electron chi connectivity index (χ0n) is 14.6. The van der Waals surface area contributed by atoms with Gasteiger partial charge in [0.2, 0.25) is 17.7 Å². The normalized spacial score (nSPS) is 9.86. The van der Waals surface area contributed by atoms with Crippen LogP contribution < -0.4 is 16.4 Å². The average molecular weight is 397 g/mol. The van der Waals surface area contributed by atoms with Crippen LogP contribution in [0.15, 0.2) is 24.3 Å². The second-order valence-electron chi connectivity index (χ2n) is 5.20. The monoisotopic (exact) mass is 397 g/mol. The highest BCUT2D eigenvalue weighted by atomic mass is 16.7. The number of rotatable bonds is 11. The van der Waals surface area contributed by atoms with E-state index in [0.29, 0.717) is 11.3 Å². The zero-order valence-corrected chi connectivity index (χ0v) is 14.6. The first-order valence-electron chi connectivity index (χ1n) is 7.79. The van der Waals surface area contributed by atoms with E-state index in [0.717, 1.165) is 0 Å². The van der Waals surface area contributed by atoms with Gasteiger partial charge >= 0.3 is 12.1 Å². The first-order valence-corrected chi connectivity index (χ1v) is 7.79. The van der Waals surface area contributed by atoms with Crippen LogP contribution >= 0.6 is 0 Å². The quantitative estimate of drug-likeness (QED) is 0.339. The summed E-state index contributed by atoms with van der Waals surface area (Å²) in [4.78, 5) is 55.0. The molecule has 0 aliphatic rings. The van der Waals surface area contributed by atoms with Gasteiger partial charge in [-0.2, -0.15) is 0 Å². The summed E-state index contributed by atoms with van der Waals surface area (Å²) in [5.74, 6) is -3.09. The smallest absolute Gasteiger partial charge is 0.479 e. The van der Waals surface area contributed by atoms with E-state index >= 15 is 0 Å². The molecule has 0 radical (unpaired) electrons. The van der Waals surface area contributed by atoms with Crippen molar-refractivity contribution in [3.63, 3.8) is 0 Å². The van der Waals surface area contributed by atoms with E-state index in [1.54, 1.807) is 12.1 Å². The van der Waals surface area contributed by atoms with Crippen molar-refractivity contribution in [3.8, 4) is 0 Å². The first kappa shape index (κ1) is 22.4. The Morgan fingerprint density at radius 3 is 2.21 bits per heavy atom. The van der Waals surface area contributed by atoms with Crippen molar-refractivity contribution in [1.82, 2.24) is 5.32 Å². The van der Waals surface area contributed by atoms with Gasteiger partial charge in [-0.15, -0.1) is 0 Å². The maximum Gasteiger partial charge on any atom is 0.509 e. The number of benzene rings is 1. The highest BCUT2D eigenvalue weighted by molar-refractivity contribution is 5.94. The number of hydrogen-bond donors (Lipinski definition) is 4. The lowest BCUT2D eigenvalue weighted by Gasteiger charge is -2.08. The number of carbonyl (C=O) groups is 5. The Morgan fingerprint density at radius 1 is 0.929 bits per heavy atom. The van der Waals surface area contributed by atoms with Gasteiger partial charge in [0.15, 0.2) is 6.61 Å². The lowest BCUT2D eigenvalue weighted by atomic mass is 10.2. The summed E-state index contributed by atoms with van der Waals surface area (Å²) in [6.07, 6.45) is -1.12. The lowest BCUT2D eigenvalue weighted by Crippen LogP contribution is -2.35. The molecular weight excluding hydrogens is 378 g/mol. The molecule has 5 N–H and O–H groups in total. The van der Waals surface area contributed by atoms with Crippen molar-refractivity contribution < 1.29 is 43.3 Å². The zero-order chi connectivity index (χ0) is 20.9. The van der Waals surface area contributed by atoms with Crippen molar-refractivity contribution in [3.05, 3.63) is 29.8 Å². The summed E-state index contributed by atoms with van der Waals surface area (Å²) >= 11 is 0. The van der Waals surface area contributed by atoms with Gasteiger partial charge < -0.3 is 35.7 Å². The molecule has 1 aromatic rings. The van der Waals surface area contributed by atoms with Crippen LogP contribution in [0.2, 0.25) is 0 Å². The Labute approximate surface area is 158 Å². The van der Waals surface area contributed by atoms with E-state index in [1.807, 2.05) is 0 Å². The van der Waals surface area contributed by atoms with Gasteiger partial charge in [-0.05, 0) is 17.7 Å². The lowest BCUT2D eigenvalue weighted by molar-refractivity contribution is -0.141. The van der Waals surface area contributed by atoms with E-state index in [-0.39, 0.29) is 13.2 Å². The number of aliphatic carboxylic acids is 1. The Kier molecular flexibility index (Phi) is 9.47. The molecule has 0 fully saturated rings. The summed E-state index contributed by atoms with van der Waals surface area (Å²) in [5.41, 5.74) is 5.85. The van der Waals surface area contributed by atoms with E-state index in [1.165, 1.54) is 12.1 Å². The van der Waals surface area contributed by atoms with Crippen molar-refractivity contribution >= 4 is 35.5 Å². The van der Waals surface area contributed by atoms with Crippen molar-refractivity contribution in [2.24, 2.45) is 5.73 Å². The van der Waals surface area contributed by atoms with Crippen LogP contribution in [0, 0.1) is 0 Å². The van der Waals surface area contributed by atoms with E-state index in [4.69, 9.17) is 20.3 Å². The molecule has 0 saturated carbocycles. The number of primary amides is 1. The van der Waals surface area contributed by atoms with Crippen LogP contribution in [-0.2, 0) is 40.0 Å². The van der Waals surface area contributed by atoms with Crippen LogP contribution in [0.5, 0.6) is 0 Å². The molecule has 0 unspecified atom stereocenters. The Balaban J connectivity index is 2.30. The molecule has 0 aliphatic carbocycles. The van der Waals surface area contributed by atoms with Crippen LogP contribution in [0.1, 0.15) is 5.56 Å². The van der Waals surface area contributed by atoms with Gasteiger partial charge in [-0.25, -0.2) is 9.59 Å². The highest BCUT2D eigenvalue weighted by Crippen LogP contribution is 2.10. The maximum atomic E-state index is 11.8. The number of carboxylic acids is 1. The van der Waals surface area contributed by atoms with Crippen molar-refractivity contribution in [1.29, 1.82) is 0 Å². The summed E-state index contributed by atoms with van der Waals surface area (Å²) < 4.78 is 13.7. The SMILES string of the molecule is NC(=O)COCC(=O)NCC(=O)Nc1ccc(COC(=O)OCC(=O)O)cc1. The second kappa shape index (κ2) is 11.9. The molecule has 28 heavy (non-hydrogen) atoms. The maximum absolute atomic E-state index is 11.8. The molecule has 152 valence electrons. The fourth-order valence-electron chi connectivity index (χ4n) is 1.67. The minimum absolute atomic E-state index is 0.145. The van der Waals surface area contributed by atoms with Crippen LogP contribution in [0.3, 0.4) is 0 Å². The number of anilines is 1. The molecule has 1 rings (SSSR count). The van der Waals surface area contributed by atoms with Gasteiger partial charge in [0.1, 0.15) is 19.8 Å². The van der Waals surface area contributed by atoms with Gasteiger partial charge in [-0.3, -0.25) is 14.4 Å². The third kappa shape index (κ3) is 10.4. The number of amides is 3. The van der Waals surface area contributed by atoms with Gasteiger partial charge in [0, 0.05) is 5.69 Å². The molecule has 3 amide bonds. The van der Waals surface area contributed by atoms with E-state index < -0.39 is 49.7 Å². The van der Waals surface area contributed by atoms with Crippen LogP contribution in [-0.4, -0.2) is 61.3 Å². The predicted octanol–water partition coefficient (Wildman–Crippen LogP) is -1.02. The molecule has 0 saturated heterocycles. The van der Waals surface area contributed by atoms with Crippen LogP contribution in [0.25, 0.3) is 0 Å². The molecular formula is C16H19N3O9. The molecule has 12 nitrogen and oxygen atoms in total. The summed E-state index contributed by atoms with van der Waals surface area (Å²) in [5, 5.41) is 13.2. The Hall–Kier alpha value is -3.67. The van der Waals surface area contributed by atoms with Gasteiger partial charge in [0.05, 0.1) is 6.54 Å². The Bertz CT molecular complexity index is 719. The number of carboxylic acid groups (broad SMARTS) is 1. The van der Waals surface area contributed by atoms with E-state index in [9.17, 15) is 24.0 Å². The standard InChI is InChI=1S/C16H19N3O9/c17-12(20)7-26-8-14(22)18-5-13(21)19-11-3-1-10(2-4-11)6-27-16(25)28-9-15(23)24/h1-4H,5-9H2,(H2,17,20)(H,18,22)(H,19,21)(H,23,24). The molecule has 0 atom stereocenters. The number of ether oxygens (including phenoxy) is 3. The molecule has 0 heterocycles. The van der Waals surface area contributed by atoms with E-state index in [2.05, 4.69) is 15.4 Å². The summed E-state index contributed by atoms with van der Waals surface area (Å²) in [7, 11) is 0. The van der Waals surface area contributed by atoms with Crippen molar-refractivity contribution in [2.45, 2.75) is 6.61 Å².